The molecule has 4 nitrogen and oxygen atoms in total. The first-order valence-electron chi connectivity index (χ1n) is 11.0. The highest BCUT2D eigenvalue weighted by molar-refractivity contribution is 7.10. The molecule has 0 fully saturated rings. The molecule has 1 aliphatic rings. The molecule has 1 aliphatic heterocycles. The lowest BCUT2D eigenvalue weighted by Gasteiger charge is -2.38. The molecule has 7 heteroatoms. The molecule has 0 spiro atoms. The van der Waals surface area contributed by atoms with Crippen LogP contribution in [0, 0.1) is 0 Å². The summed E-state index contributed by atoms with van der Waals surface area (Å²) in [6.07, 6.45) is 5.00. The van der Waals surface area contributed by atoms with Crippen LogP contribution < -0.4 is 0 Å². The average Bonchev–Trinajstić information content (AvgIpc) is 3.23. The Morgan fingerprint density at radius 2 is 1.90 bits per heavy atom. The number of thiophene rings is 1. The van der Waals surface area contributed by atoms with Crippen LogP contribution in [-0.2, 0) is 16.0 Å². The van der Waals surface area contributed by atoms with Gasteiger partial charge in [-0.2, -0.15) is 0 Å². The van der Waals surface area contributed by atoms with E-state index in [-0.39, 0.29) is 24.4 Å². The second-order valence-electron chi connectivity index (χ2n) is 7.98. The van der Waals surface area contributed by atoms with Crippen LogP contribution in [0.5, 0.6) is 0 Å². The van der Waals surface area contributed by atoms with E-state index in [9.17, 15) is 9.59 Å². The highest BCUT2D eigenvalue weighted by atomic mass is 35.5. The third-order valence-corrected chi connectivity index (χ3v) is 7.31. The SMILES string of the molecule is CCCCC(=O)N(CCCC)CC(=O)N1CCc2sccc2C1c1ccc(Cl)cc1Cl. The number of amides is 2. The van der Waals surface area contributed by atoms with Crippen LogP contribution in [0.2, 0.25) is 10.0 Å². The number of rotatable bonds is 9. The Kier molecular flexibility index (Phi) is 8.82. The van der Waals surface area contributed by atoms with E-state index in [1.807, 2.05) is 17.0 Å². The minimum atomic E-state index is -0.258. The van der Waals surface area contributed by atoms with Gasteiger partial charge in [-0.3, -0.25) is 9.59 Å². The van der Waals surface area contributed by atoms with Crippen molar-refractivity contribution in [3.63, 3.8) is 0 Å². The van der Waals surface area contributed by atoms with Crippen molar-refractivity contribution in [3.8, 4) is 0 Å². The van der Waals surface area contributed by atoms with Crippen molar-refractivity contribution >= 4 is 46.4 Å². The van der Waals surface area contributed by atoms with Crippen molar-refractivity contribution in [2.45, 2.75) is 58.4 Å². The Hall–Kier alpha value is -1.56. The molecule has 31 heavy (non-hydrogen) atoms. The molecule has 1 aromatic heterocycles. The van der Waals surface area contributed by atoms with Gasteiger partial charge in [0.05, 0.1) is 12.6 Å². The van der Waals surface area contributed by atoms with Gasteiger partial charge in [-0.25, -0.2) is 0 Å². The molecule has 1 atom stereocenters. The van der Waals surface area contributed by atoms with Crippen LogP contribution in [0.3, 0.4) is 0 Å². The maximum atomic E-state index is 13.5. The Labute approximate surface area is 199 Å². The highest BCUT2D eigenvalue weighted by Crippen LogP contribution is 2.41. The molecule has 0 radical (unpaired) electrons. The first-order valence-corrected chi connectivity index (χ1v) is 12.7. The van der Waals surface area contributed by atoms with Crippen LogP contribution in [-0.4, -0.2) is 41.2 Å². The zero-order valence-corrected chi connectivity index (χ0v) is 20.5. The highest BCUT2D eigenvalue weighted by Gasteiger charge is 2.35. The summed E-state index contributed by atoms with van der Waals surface area (Å²) in [5.41, 5.74) is 1.99. The van der Waals surface area contributed by atoms with Gasteiger partial charge < -0.3 is 9.80 Å². The second-order valence-corrected chi connectivity index (χ2v) is 9.82. The minimum absolute atomic E-state index is 0.0335. The lowest BCUT2D eigenvalue weighted by Crippen LogP contribution is -2.47. The Bertz CT molecular complexity index is 915. The zero-order valence-electron chi connectivity index (χ0n) is 18.2. The first kappa shape index (κ1) is 24.1. The van der Waals surface area contributed by atoms with E-state index in [4.69, 9.17) is 23.2 Å². The summed E-state index contributed by atoms with van der Waals surface area (Å²) in [7, 11) is 0. The molecule has 1 aromatic carbocycles. The van der Waals surface area contributed by atoms with Crippen molar-refractivity contribution in [1.82, 2.24) is 9.80 Å². The van der Waals surface area contributed by atoms with Gasteiger partial charge >= 0.3 is 0 Å². The second kappa shape index (κ2) is 11.3. The zero-order chi connectivity index (χ0) is 22.4. The van der Waals surface area contributed by atoms with Gasteiger partial charge in [0.2, 0.25) is 11.8 Å². The standard InChI is InChI=1S/C24H30Cl2N2O2S/c1-3-5-7-22(29)27(12-6-4-2)16-23(30)28-13-10-21-19(11-14-31-21)24(28)18-9-8-17(25)15-20(18)26/h8-9,11,14-15,24H,3-7,10,12-13,16H2,1-2H3. The molecule has 0 bridgehead atoms. The predicted octanol–water partition coefficient (Wildman–Crippen LogP) is 6.35. The molecule has 2 amide bonds. The van der Waals surface area contributed by atoms with Crippen LogP contribution >= 0.6 is 34.5 Å². The van der Waals surface area contributed by atoms with Crippen LogP contribution in [0.15, 0.2) is 29.6 Å². The number of hydrogen-bond acceptors (Lipinski definition) is 3. The van der Waals surface area contributed by atoms with Crippen molar-refractivity contribution in [2.24, 2.45) is 0 Å². The quantitative estimate of drug-likeness (QED) is 0.419. The van der Waals surface area contributed by atoms with Gasteiger partial charge in [0, 0.05) is 34.4 Å². The molecule has 2 aromatic rings. The fourth-order valence-electron chi connectivity index (χ4n) is 4.02. The van der Waals surface area contributed by atoms with E-state index in [1.54, 1.807) is 22.3 Å². The normalized spacial score (nSPS) is 15.6. The molecule has 3 rings (SSSR count). The number of fused-ring (bicyclic) bond motifs is 1. The molecule has 0 saturated heterocycles. The molecule has 1 unspecified atom stereocenters. The predicted molar refractivity (Wildman–Crippen MR) is 129 cm³/mol. The summed E-state index contributed by atoms with van der Waals surface area (Å²) in [6.45, 7) is 5.51. The van der Waals surface area contributed by atoms with Gasteiger partial charge in [-0.15, -0.1) is 11.3 Å². The Morgan fingerprint density at radius 3 is 2.61 bits per heavy atom. The van der Waals surface area contributed by atoms with Crippen molar-refractivity contribution in [3.05, 3.63) is 55.7 Å². The third-order valence-electron chi connectivity index (χ3n) is 5.75. The fourth-order valence-corrected chi connectivity index (χ4v) is 5.44. The van der Waals surface area contributed by atoms with Gasteiger partial charge in [0.1, 0.15) is 0 Å². The van der Waals surface area contributed by atoms with Gasteiger partial charge in [-0.05, 0) is 54.0 Å². The molecular weight excluding hydrogens is 451 g/mol. The minimum Gasteiger partial charge on any atom is -0.333 e. The summed E-state index contributed by atoms with van der Waals surface area (Å²) in [4.78, 5) is 31.2. The van der Waals surface area contributed by atoms with Gasteiger partial charge in [-0.1, -0.05) is 56.0 Å². The fraction of sp³-hybridized carbons (Fsp3) is 0.500. The van der Waals surface area contributed by atoms with Gasteiger partial charge in [0.25, 0.3) is 0 Å². The maximum absolute atomic E-state index is 13.5. The van der Waals surface area contributed by atoms with Crippen LogP contribution in [0.25, 0.3) is 0 Å². The smallest absolute Gasteiger partial charge is 0.242 e. The van der Waals surface area contributed by atoms with Crippen molar-refractivity contribution in [2.75, 3.05) is 19.6 Å². The largest absolute Gasteiger partial charge is 0.333 e. The topological polar surface area (TPSA) is 40.6 Å². The van der Waals surface area contributed by atoms with Crippen LogP contribution in [0.1, 0.15) is 68.0 Å². The summed E-state index contributed by atoms with van der Waals surface area (Å²) in [6, 6.07) is 7.27. The van der Waals surface area contributed by atoms with E-state index >= 15 is 0 Å². The number of carbonyl (C=O) groups is 2. The first-order chi connectivity index (χ1) is 15.0. The van der Waals surface area contributed by atoms with Gasteiger partial charge in [0.15, 0.2) is 0 Å². The summed E-state index contributed by atoms with van der Waals surface area (Å²) in [5, 5.41) is 3.19. The third kappa shape index (κ3) is 5.82. The Morgan fingerprint density at radius 1 is 1.13 bits per heavy atom. The maximum Gasteiger partial charge on any atom is 0.242 e. The van der Waals surface area contributed by atoms with Crippen molar-refractivity contribution < 1.29 is 9.59 Å². The van der Waals surface area contributed by atoms with E-state index in [0.717, 1.165) is 43.2 Å². The summed E-state index contributed by atoms with van der Waals surface area (Å²) in [5.74, 6) is 0.0341. The molecule has 0 aliphatic carbocycles. The molecule has 0 saturated carbocycles. The lowest BCUT2D eigenvalue weighted by atomic mass is 9.93. The number of hydrogen-bond donors (Lipinski definition) is 0. The molecular formula is C24H30Cl2N2O2S. The Balaban J connectivity index is 1.87. The van der Waals surface area contributed by atoms with E-state index < -0.39 is 0 Å². The number of carbonyl (C=O) groups excluding carboxylic acids is 2. The number of unbranched alkanes of at least 4 members (excludes halogenated alkanes) is 2. The summed E-state index contributed by atoms with van der Waals surface area (Å²) < 4.78 is 0. The molecule has 168 valence electrons. The summed E-state index contributed by atoms with van der Waals surface area (Å²) >= 11 is 14.4. The lowest BCUT2D eigenvalue weighted by molar-refractivity contribution is -0.141. The van der Waals surface area contributed by atoms with E-state index in [1.165, 1.54) is 4.88 Å². The average molecular weight is 481 g/mol. The number of halogens is 2. The molecule has 0 N–H and O–H groups in total. The number of benzene rings is 1. The van der Waals surface area contributed by atoms with E-state index in [0.29, 0.717) is 29.6 Å². The van der Waals surface area contributed by atoms with E-state index in [2.05, 4.69) is 25.3 Å². The van der Waals surface area contributed by atoms with Crippen molar-refractivity contribution in [1.29, 1.82) is 0 Å². The number of nitrogens with zero attached hydrogens (tertiary/aromatic N) is 2. The van der Waals surface area contributed by atoms with Crippen LogP contribution in [0.4, 0.5) is 0 Å². The monoisotopic (exact) mass is 480 g/mol. The molecule has 2 heterocycles.